The van der Waals surface area contributed by atoms with E-state index in [0.717, 1.165) is 6.08 Å². The van der Waals surface area contributed by atoms with Gasteiger partial charge in [0.1, 0.15) is 5.56 Å². The lowest BCUT2D eigenvalue weighted by atomic mass is 10.1. The molecular formula is C14H8ClN3O6. The van der Waals surface area contributed by atoms with Gasteiger partial charge < -0.3 is 0 Å². The molecule has 0 radical (unpaired) electrons. The molecule has 2 aromatic carbocycles. The molecule has 0 amide bonds. The molecule has 0 N–H and O–H groups in total. The molecule has 0 saturated carbocycles. The summed E-state index contributed by atoms with van der Waals surface area (Å²) in [6.45, 7) is 0. The Morgan fingerprint density at radius 3 is 1.88 bits per heavy atom. The molecule has 0 unspecified atom stereocenters. The highest BCUT2D eigenvalue weighted by Crippen LogP contribution is 2.35. The highest BCUT2D eigenvalue weighted by molar-refractivity contribution is 6.30. The molecule has 0 spiro atoms. The molecule has 2 rings (SSSR count). The summed E-state index contributed by atoms with van der Waals surface area (Å²) in [5, 5.41) is 33.5. The van der Waals surface area contributed by atoms with Crippen LogP contribution in [0.3, 0.4) is 0 Å². The van der Waals surface area contributed by atoms with E-state index in [9.17, 15) is 30.3 Å². The highest BCUT2D eigenvalue weighted by Gasteiger charge is 2.28. The van der Waals surface area contributed by atoms with Crippen LogP contribution in [0.5, 0.6) is 0 Å². The summed E-state index contributed by atoms with van der Waals surface area (Å²) in [5.74, 6) is 0. The molecule has 0 saturated heterocycles. The van der Waals surface area contributed by atoms with Crippen LogP contribution in [-0.4, -0.2) is 14.8 Å². The van der Waals surface area contributed by atoms with E-state index in [2.05, 4.69) is 0 Å². The molecule has 0 aliphatic heterocycles. The summed E-state index contributed by atoms with van der Waals surface area (Å²) in [7, 11) is 0. The lowest BCUT2D eigenvalue weighted by molar-refractivity contribution is -0.403. The summed E-state index contributed by atoms with van der Waals surface area (Å²) in [4.78, 5) is 30.4. The fraction of sp³-hybridized carbons (Fsp3) is 0. The molecule has 0 bridgehead atoms. The van der Waals surface area contributed by atoms with Crippen LogP contribution >= 0.6 is 11.6 Å². The molecule has 24 heavy (non-hydrogen) atoms. The van der Waals surface area contributed by atoms with Crippen LogP contribution in [0.25, 0.3) is 12.2 Å². The third kappa shape index (κ3) is 3.70. The minimum absolute atomic E-state index is 0.337. The molecule has 122 valence electrons. The predicted molar refractivity (Wildman–Crippen MR) is 86.8 cm³/mol. The first-order valence-corrected chi connectivity index (χ1v) is 6.72. The number of non-ortho nitro benzene ring substituents is 1. The summed E-state index contributed by atoms with van der Waals surface area (Å²) in [5.41, 5.74) is -1.96. The van der Waals surface area contributed by atoms with Gasteiger partial charge in [0.05, 0.1) is 26.9 Å². The minimum atomic E-state index is -0.926. The second-order valence-corrected chi connectivity index (χ2v) is 4.99. The Hall–Kier alpha value is -3.33. The fourth-order valence-corrected chi connectivity index (χ4v) is 2.18. The first-order valence-electron chi connectivity index (χ1n) is 6.34. The highest BCUT2D eigenvalue weighted by atomic mass is 35.5. The van der Waals surface area contributed by atoms with Crippen molar-refractivity contribution in [1.82, 2.24) is 0 Å². The number of nitro groups is 3. The van der Waals surface area contributed by atoms with Crippen LogP contribution in [0.4, 0.5) is 17.1 Å². The number of hydrogen-bond acceptors (Lipinski definition) is 6. The van der Waals surface area contributed by atoms with Crippen molar-refractivity contribution < 1.29 is 14.8 Å². The van der Waals surface area contributed by atoms with Gasteiger partial charge in [-0.3, -0.25) is 30.3 Å². The molecule has 0 heterocycles. The van der Waals surface area contributed by atoms with Crippen molar-refractivity contribution in [3.63, 3.8) is 0 Å². The Morgan fingerprint density at radius 2 is 1.42 bits per heavy atom. The molecule has 9 nitrogen and oxygen atoms in total. The molecule has 0 aliphatic rings. The Bertz CT molecular complexity index is 846. The Labute approximate surface area is 139 Å². The third-order valence-electron chi connectivity index (χ3n) is 3.02. The zero-order chi connectivity index (χ0) is 17.9. The van der Waals surface area contributed by atoms with Crippen molar-refractivity contribution >= 4 is 40.8 Å². The number of nitro benzene ring substituents is 3. The topological polar surface area (TPSA) is 129 Å². The molecule has 0 aliphatic carbocycles. The van der Waals surface area contributed by atoms with E-state index in [1.807, 2.05) is 0 Å². The third-order valence-corrected chi connectivity index (χ3v) is 3.25. The lowest BCUT2D eigenvalue weighted by Crippen LogP contribution is -2.00. The average molecular weight is 350 g/mol. The largest absolute Gasteiger partial charge is 0.290 e. The van der Waals surface area contributed by atoms with Gasteiger partial charge in [0.15, 0.2) is 0 Å². The predicted octanol–water partition coefficient (Wildman–Crippen LogP) is 4.24. The molecule has 0 atom stereocenters. The van der Waals surface area contributed by atoms with E-state index in [-0.39, 0.29) is 5.56 Å². The van der Waals surface area contributed by atoms with E-state index >= 15 is 0 Å². The van der Waals surface area contributed by atoms with Crippen LogP contribution in [0.15, 0.2) is 36.4 Å². The summed E-state index contributed by atoms with van der Waals surface area (Å²) in [6.07, 6.45) is 2.55. The van der Waals surface area contributed by atoms with Crippen molar-refractivity contribution in [2.75, 3.05) is 0 Å². The zero-order valence-corrected chi connectivity index (χ0v) is 12.5. The lowest BCUT2D eigenvalue weighted by Gasteiger charge is -2.01. The van der Waals surface area contributed by atoms with Gasteiger partial charge in [0.25, 0.3) is 17.1 Å². The van der Waals surface area contributed by atoms with E-state index in [1.54, 1.807) is 24.3 Å². The van der Waals surface area contributed by atoms with Crippen LogP contribution < -0.4 is 0 Å². The molecule has 0 aromatic heterocycles. The minimum Gasteiger partial charge on any atom is -0.258 e. The van der Waals surface area contributed by atoms with Crippen molar-refractivity contribution in [2.45, 2.75) is 0 Å². The van der Waals surface area contributed by atoms with Gasteiger partial charge in [-0.05, 0) is 23.8 Å². The maximum absolute atomic E-state index is 11.1. The Balaban J connectivity index is 2.64. The van der Waals surface area contributed by atoms with Gasteiger partial charge in [0, 0.05) is 5.02 Å². The monoisotopic (exact) mass is 349 g/mol. The quantitative estimate of drug-likeness (QED) is 0.451. The maximum atomic E-state index is 11.1. The van der Waals surface area contributed by atoms with E-state index in [4.69, 9.17) is 11.6 Å². The van der Waals surface area contributed by atoms with Crippen LogP contribution in [0, 0.1) is 30.3 Å². The zero-order valence-electron chi connectivity index (χ0n) is 11.8. The second-order valence-electron chi connectivity index (χ2n) is 4.56. The van der Waals surface area contributed by atoms with Crippen molar-refractivity contribution in [3.8, 4) is 0 Å². The fourth-order valence-electron chi connectivity index (χ4n) is 1.98. The number of benzene rings is 2. The summed E-state index contributed by atoms with van der Waals surface area (Å²) >= 11 is 5.82. The summed E-state index contributed by atoms with van der Waals surface area (Å²) < 4.78 is 0. The first kappa shape index (κ1) is 17.0. The second kappa shape index (κ2) is 6.84. The van der Waals surface area contributed by atoms with Gasteiger partial charge in [-0.1, -0.05) is 29.8 Å². The van der Waals surface area contributed by atoms with Crippen LogP contribution in [0.1, 0.15) is 11.1 Å². The first-order chi connectivity index (χ1) is 11.3. The number of halogens is 1. The molecule has 10 heteroatoms. The Kier molecular flexibility index (Phi) is 4.85. The van der Waals surface area contributed by atoms with E-state index in [0.29, 0.717) is 22.7 Å². The van der Waals surface area contributed by atoms with Crippen molar-refractivity contribution in [1.29, 1.82) is 0 Å². The smallest absolute Gasteiger partial charge is 0.258 e. The van der Waals surface area contributed by atoms with Gasteiger partial charge in [-0.15, -0.1) is 0 Å². The molecule has 0 fully saturated rings. The number of rotatable bonds is 5. The maximum Gasteiger partial charge on any atom is 0.290 e. The van der Waals surface area contributed by atoms with Gasteiger partial charge in [0.2, 0.25) is 0 Å². The van der Waals surface area contributed by atoms with Crippen LogP contribution in [-0.2, 0) is 0 Å². The normalized spacial score (nSPS) is 10.7. The van der Waals surface area contributed by atoms with Gasteiger partial charge in [-0.25, -0.2) is 0 Å². The van der Waals surface area contributed by atoms with Crippen LogP contribution in [0.2, 0.25) is 5.02 Å². The molecule has 2 aromatic rings. The molecular weight excluding hydrogens is 342 g/mol. The van der Waals surface area contributed by atoms with Gasteiger partial charge >= 0.3 is 0 Å². The van der Waals surface area contributed by atoms with E-state index in [1.165, 1.54) is 6.08 Å². The van der Waals surface area contributed by atoms with Crippen molar-refractivity contribution in [3.05, 3.63) is 82.9 Å². The average Bonchev–Trinajstić information content (AvgIpc) is 2.51. The standard InChI is InChI=1S/C14H8ClN3O6/c15-10-3-1-2-9(6-10)4-5-12-13(17(21)22)7-11(16(19)20)8-14(12)18(23)24/h1-8H/b5-4+. The number of nitrogens with zero attached hydrogens (tertiary/aromatic N) is 3. The van der Waals surface area contributed by atoms with E-state index < -0.39 is 31.8 Å². The Morgan fingerprint density at radius 1 is 0.833 bits per heavy atom. The van der Waals surface area contributed by atoms with Crippen molar-refractivity contribution in [2.24, 2.45) is 0 Å². The summed E-state index contributed by atoms with van der Waals surface area (Å²) in [6, 6.07) is 7.83. The van der Waals surface area contributed by atoms with Gasteiger partial charge in [-0.2, -0.15) is 0 Å². The number of hydrogen-bond donors (Lipinski definition) is 0. The SMILES string of the molecule is O=[N+]([O-])c1cc([N+](=O)[O-])c(/C=C/c2cccc(Cl)c2)c([N+](=O)[O-])c1.